The highest BCUT2D eigenvalue weighted by atomic mass is 19.4. The number of benzene rings is 2. The Labute approximate surface area is 459 Å². The molecule has 7 N–H and O–H groups in total. The molecule has 3 aromatic rings. The fraction of sp³-hybridized carbons (Fsp3) is 0.509. The van der Waals surface area contributed by atoms with Gasteiger partial charge in [0.1, 0.15) is 29.5 Å². The number of nitrogens with zero attached hydrogens (tertiary/aromatic N) is 5. The molecule has 3 fully saturated rings. The van der Waals surface area contributed by atoms with Gasteiger partial charge in [-0.15, -0.1) is 0 Å². The molecule has 0 aliphatic carbocycles. The van der Waals surface area contributed by atoms with Gasteiger partial charge in [0.2, 0.25) is 5.91 Å². The fourth-order valence-electron chi connectivity index (χ4n) is 9.38. The topological polar surface area (TPSA) is 225 Å². The minimum absolute atomic E-state index is 0.268. The molecule has 442 valence electrons. The average Bonchev–Trinajstić information content (AvgIpc) is 3.84. The van der Waals surface area contributed by atoms with Gasteiger partial charge in [0.25, 0.3) is 5.91 Å². The molecule has 3 aliphatic heterocycles. The molecule has 4 amide bonds. The molecule has 2 unspecified atom stereocenters. The predicted octanol–water partition coefficient (Wildman–Crippen LogP) is 5.95. The van der Waals surface area contributed by atoms with Crippen LogP contribution < -0.4 is 32.0 Å². The van der Waals surface area contributed by atoms with Crippen LogP contribution in [0.5, 0.6) is 0 Å². The Bertz CT molecular complexity index is 2800. The first-order chi connectivity index (χ1) is 37.9. The zero-order chi connectivity index (χ0) is 59.8. The van der Waals surface area contributed by atoms with E-state index in [-0.39, 0.29) is 5.56 Å². The number of alkyl halides is 8. The monoisotopic (exact) mass is 1160 g/mol. The molecule has 0 radical (unpaired) electrons. The van der Waals surface area contributed by atoms with Crippen molar-refractivity contribution in [3.8, 4) is 11.8 Å². The number of aromatic nitrogens is 1. The van der Waals surface area contributed by atoms with E-state index in [4.69, 9.17) is 10.5 Å². The number of carbonyl (C=O) groups is 4. The van der Waals surface area contributed by atoms with Gasteiger partial charge in [-0.3, -0.25) is 19.9 Å². The highest BCUT2D eigenvalue weighted by Gasteiger charge is 2.57. The van der Waals surface area contributed by atoms with E-state index in [1.54, 1.807) is 23.6 Å². The zero-order valence-corrected chi connectivity index (χ0v) is 44.7. The van der Waals surface area contributed by atoms with Gasteiger partial charge in [-0.05, 0) is 95.0 Å². The lowest BCUT2D eigenvalue weighted by atomic mass is 9.82. The van der Waals surface area contributed by atoms with Gasteiger partial charge in [-0.1, -0.05) is 24.0 Å². The second kappa shape index (κ2) is 26.1. The van der Waals surface area contributed by atoms with Crippen LogP contribution in [-0.4, -0.2) is 159 Å². The predicted molar refractivity (Wildman–Crippen MR) is 274 cm³/mol. The quantitative estimate of drug-likeness (QED) is 0.0253. The lowest BCUT2D eigenvalue weighted by molar-refractivity contribution is -0.221. The number of methoxy groups -OCH3 is 2. The fourth-order valence-corrected chi connectivity index (χ4v) is 9.38. The summed E-state index contributed by atoms with van der Waals surface area (Å²) in [5.74, 6) is 0.728. The van der Waals surface area contributed by atoms with Crippen LogP contribution in [0, 0.1) is 34.3 Å². The maximum Gasteiger partial charge on any atom is 0.407 e. The van der Waals surface area contributed by atoms with Crippen molar-refractivity contribution in [3.05, 3.63) is 100 Å². The molecule has 0 spiro atoms. The summed E-state index contributed by atoms with van der Waals surface area (Å²) in [4.78, 5) is 65.1. The molecule has 81 heavy (non-hydrogen) atoms. The zero-order valence-electron chi connectivity index (χ0n) is 44.7. The van der Waals surface area contributed by atoms with E-state index in [0.29, 0.717) is 80.3 Å². The largest absolute Gasteiger partial charge is 0.453 e. The summed E-state index contributed by atoms with van der Waals surface area (Å²) in [6, 6.07) is 5.48. The number of carbonyl (C=O) groups excluding carboxylic acids is 4. The van der Waals surface area contributed by atoms with Gasteiger partial charge >= 0.3 is 31.1 Å². The number of aliphatic hydroxyl groups is 1. The summed E-state index contributed by atoms with van der Waals surface area (Å²) in [5, 5.41) is 18.5. The van der Waals surface area contributed by atoms with Gasteiger partial charge in [-0.2, -0.15) is 35.1 Å². The van der Waals surface area contributed by atoms with Gasteiger partial charge in [0, 0.05) is 78.6 Å². The Kier molecular flexibility index (Phi) is 20.3. The minimum atomic E-state index is -5.23. The lowest BCUT2D eigenvalue weighted by Gasteiger charge is -2.47. The summed E-state index contributed by atoms with van der Waals surface area (Å²) in [5.41, 5.74) is 1.15. The van der Waals surface area contributed by atoms with Crippen LogP contribution in [0.15, 0.2) is 65.8 Å². The van der Waals surface area contributed by atoms with Crippen molar-refractivity contribution < 1.29 is 82.4 Å². The van der Waals surface area contributed by atoms with E-state index in [2.05, 4.69) is 46.4 Å². The molecule has 28 heteroatoms. The van der Waals surface area contributed by atoms with Crippen molar-refractivity contribution in [2.45, 2.75) is 115 Å². The Morgan fingerprint density at radius 1 is 0.827 bits per heavy atom. The minimum Gasteiger partial charge on any atom is -0.453 e. The number of rotatable bonds is 20. The van der Waals surface area contributed by atoms with Crippen molar-refractivity contribution in [1.82, 2.24) is 36.3 Å². The maximum atomic E-state index is 16.0. The Morgan fingerprint density at radius 2 is 1.36 bits per heavy atom. The Hall–Kier alpha value is -7.22. The summed E-state index contributed by atoms with van der Waals surface area (Å²) in [6.45, 7) is -0.0285. The third-order valence-electron chi connectivity index (χ3n) is 14.5. The summed E-state index contributed by atoms with van der Waals surface area (Å²) in [7, 11) is 1.60. The van der Waals surface area contributed by atoms with Crippen LogP contribution in [0.4, 0.5) is 59.3 Å². The molecular formula is C53H62F10N10O8. The summed E-state index contributed by atoms with van der Waals surface area (Å²) < 4.78 is 159. The van der Waals surface area contributed by atoms with Gasteiger partial charge in [0.05, 0.1) is 56.5 Å². The first kappa shape index (κ1) is 63.0. The second-order valence-corrected chi connectivity index (χ2v) is 20.7. The molecule has 3 aliphatic rings. The highest BCUT2D eigenvalue weighted by Crippen LogP contribution is 2.42. The normalized spacial score (nSPS) is 18.8. The van der Waals surface area contributed by atoms with Crippen LogP contribution in [0.25, 0.3) is 5.70 Å². The van der Waals surface area contributed by atoms with Crippen molar-refractivity contribution in [1.29, 1.82) is 0 Å². The van der Waals surface area contributed by atoms with Gasteiger partial charge in [-0.25, -0.2) is 33.4 Å². The number of hydrogen-bond acceptors (Lipinski definition) is 14. The molecule has 18 nitrogen and oxygen atoms in total. The van der Waals surface area contributed by atoms with E-state index in [9.17, 15) is 59.4 Å². The van der Waals surface area contributed by atoms with Crippen LogP contribution in [-0.2, 0) is 36.8 Å². The highest BCUT2D eigenvalue weighted by molar-refractivity contribution is 5.87. The van der Waals surface area contributed by atoms with Crippen LogP contribution in [0.1, 0.15) is 68.4 Å². The Balaban J connectivity index is 1.31. The number of allylic oxidation sites excluding steroid dienone is 1. The number of ether oxygens (including phenoxy) is 3. The number of aliphatic hydroxyl groups excluding tert-OH is 1. The van der Waals surface area contributed by atoms with E-state index in [1.165, 1.54) is 12.1 Å². The number of hydrazine groups is 1. The molecule has 2 aromatic carbocycles. The molecule has 2 bridgehead atoms. The van der Waals surface area contributed by atoms with Crippen molar-refractivity contribution in [3.63, 3.8) is 0 Å². The number of pyridine rings is 1. The smallest absolute Gasteiger partial charge is 0.407 e. The molecule has 3 saturated heterocycles. The van der Waals surface area contributed by atoms with Crippen LogP contribution in [0.2, 0.25) is 0 Å². The van der Waals surface area contributed by atoms with Gasteiger partial charge in [0.15, 0.2) is 0 Å². The van der Waals surface area contributed by atoms with Crippen LogP contribution >= 0.6 is 0 Å². The molecule has 4 heterocycles. The number of hydrogen-bond donors (Lipinski definition) is 6. The number of alkyl carbamates (subject to hydrolysis) is 2. The van der Waals surface area contributed by atoms with E-state index in [1.807, 2.05) is 22.9 Å². The number of aliphatic imine (C=N–C) groups is 1. The standard InChI is InChI=1S/C53H62F10N10O8/c1-50(2,52(58,59)60)43(68-48(77)79-5)45(75)67-40(19-30-10-7-29(8-11-30)9-12-31-13-16-42(66-22-31)71-23-33-14-15-34(24-71)73(33)35-27-81-28-35)41(74)26-72(70-46(76)44(69-49(78)80-6)51(3,4)53(61,62)63)25-36-37(54)20-32(21-38(36)55)39(64)17-18-65-47(56)57/h7-8,10-11,13,16-18,20-22,33-35,40-41,43-44,47,74H,14-15,19,23-28,64H2,1-6H3,(H,67,75)(H,68,77)(H,69,78)(H,70,76)/t33?,34?,40-,41-,43+,44+/m0/s1. The SMILES string of the molecule is COC(=O)N[C@H](C(=O)N[C@@H](Cc1ccc(C#Cc2ccc(N3CC4CCC(C3)N4C3COC3)nc2)cc1)[C@@H](O)CN(Cc1c(F)cc(C(N)=CC=NC(F)F)cc1F)NC(=O)[C@@H](NC(=O)OC)C(C)(C)C(F)(F)F)C(C)(C)C(F)(F)F. The summed E-state index contributed by atoms with van der Waals surface area (Å²) >= 11 is 0. The van der Waals surface area contributed by atoms with Crippen molar-refractivity contribution in [2.75, 3.05) is 52.0 Å². The first-order valence-electron chi connectivity index (χ1n) is 25.2. The maximum absolute atomic E-state index is 16.0. The van der Waals surface area contributed by atoms with E-state index < -0.39 is 126 Å². The number of anilines is 1. The van der Waals surface area contributed by atoms with Crippen LogP contribution in [0.3, 0.4) is 0 Å². The third-order valence-corrected chi connectivity index (χ3v) is 14.5. The molecule has 0 saturated carbocycles. The Morgan fingerprint density at radius 3 is 1.84 bits per heavy atom. The van der Waals surface area contributed by atoms with Gasteiger partial charge < -0.3 is 45.9 Å². The second-order valence-electron chi connectivity index (χ2n) is 20.7. The number of nitrogens with one attached hydrogen (secondary N) is 4. The lowest BCUT2D eigenvalue weighted by Crippen LogP contribution is -2.63. The molecule has 6 atom stereocenters. The number of halogens is 10. The van der Waals surface area contributed by atoms with Crippen molar-refractivity contribution >= 4 is 41.7 Å². The number of piperazine rings is 1. The average molecular weight is 1160 g/mol. The summed E-state index contributed by atoms with van der Waals surface area (Å²) in [6.07, 6.45) is -10.8. The van der Waals surface area contributed by atoms with E-state index in [0.717, 1.165) is 65.3 Å². The number of amides is 4. The molecule has 6 rings (SSSR count). The number of nitrogens with two attached hydrogens (primary N) is 1. The first-order valence-corrected chi connectivity index (χ1v) is 25.2. The van der Waals surface area contributed by atoms with E-state index >= 15 is 8.78 Å². The number of fused-ring (bicyclic) bond motifs is 2. The third kappa shape index (κ3) is 15.6. The molecular weight excluding hydrogens is 1090 g/mol. The van der Waals surface area contributed by atoms with Crippen molar-refractivity contribution in [2.24, 2.45) is 21.6 Å². The molecule has 1 aromatic heterocycles.